The van der Waals surface area contributed by atoms with E-state index in [9.17, 15) is 4.79 Å². The number of amides is 1. The fourth-order valence-corrected chi connectivity index (χ4v) is 0.604. The number of carbonyl (C=O) groups is 1. The molecule has 1 amide bonds. The van der Waals surface area contributed by atoms with E-state index in [0.29, 0.717) is 0 Å². The van der Waals surface area contributed by atoms with Crippen molar-refractivity contribution in [2.24, 2.45) is 5.73 Å². The molecule has 0 unspecified atom stereocenters. The zero-order valence-electron chi connectivity index (χ0n) is 6.42. The Balaban J connectivity index is 3.89. The topological polar surface area (TPSA) is 43.1 Å². The highest BCUT2D eigenvalue weighted by molar-refractivity contribution is 5.86. The third-order valence-corrected chi connectivity index (χ3v) is 1.04. The van der Waals surface area contributed by atoms with Gasteiger partial charge in [-0.3, -0.25) is 4.79 Å². The molecule has 0 saturated heterocycles. The van der Waals surface area contributed by atoms with Crippen LogP contribution in [-0.4, -0.2) is 5.91 Å². The average Bonchev–Trinajstić information content (AvgIpc) is 1.85. The van der Waals surface area contributed by atoms with Crippen LogP contribution < -0.4 is 5.73 Å². The fourth-order valence-electron chi connectivity index (χ4n) is 0.604. The van der Waals surface area contributed by atoms with Gasteiger partial charge in [0.05, 0.1) is 0 Å². The smallest absolute Gasteiger partial charge is 0.241 e. The molecule has 0 saturated carbocycles. The van der Waals surface area contributed by atoms with Crippen LogP contribution in [0, 0.1) is 0 Å². The molecule has 2 nitrogen and oxygen atoms in total. The number of rotatable bonds is 3. The van der Waals surface area contributed by atoms with Crippen molar-refractivity contribution in [3.05, 3.63) is 23.8 Å². The van der Waals surface area contributed by atoms with Crippen molar-refractivity contribution in [2.45, 2.75) is 20.3 Å². The summed E-state index contributed by atoms with van der Waals surface area (Å²) in [5.41, 5.74) is 5.95. The van der Waals surface area contributed by atoms with Gasteiger partial charge in [0, 0.05) is 6.08 Å². The van der Waals surface area contributed by atoms with E-state index in [1.807, 2.05) is 19.9 Å². The summed E-state index contributed by atoms with van der Waals surface area (Å²) in [5.74, 6) is -0.399. The Bertz CT molecular complexity index is 168. The maximum absolute atomic E-state index is 10.2. The summed E-state index contributed by atoms with van der Waals surface area (Å²) < 4.78 is 0. The Hall–Kier alpha value is -1.05. The summed E-state index contributed by atoms with van der Waals surface area (Å²) in [7, 11) is 0. The minimum Gasteiger partial charge on any atom is -0.366 e. The first-order chi connectivity index (χ1) is 4.66. The Morgan fingerprint density at radius 1 is 1.50 bits per heavy atom. The van der Waals surface area contributed by atoms with Crippen LogP contribution in [0.15, 0.2) is 23.8 Å². The van der Waals surface area contributed by atoms with E-state index >= 15 is 0 Å². The number of allylic oxidation sites excluding steroid dienone is 3. The van der Waals surface area contributed by atoms with Crippen molar-refractivity contribution < 1.29 is 4.79 Å². The van der Waals surface area contributed by atoms with Crippen molar-refractivity contribution in [3.8, 4) is 0 Å². The summed E-state index contributed by atoms with van der Waals surface area (Å²) in [4.78, 5) is 10.2. The second-order valence-electron chi connectivity index (χ2n) is 2.09. The molecular formula is C8H13NO. The number of primary amides is 1. The van der Waals surface area contributed by atoms with E-state index in [4.69, 9.17) is 5.73 Å². The average molecular weight is 139 g/mol. The van der Waals surface area contributed by atoms with Crippen molar-refractivity contribution in [1.82, 2.24) is 0 Å². The van der Waals surface area contributed by atoms with Crippen LogP contribution in [-0.2, 0) is 4.79 Å². The normalized spacial score (nSPS) is 12.4. The molecule has 0 aliphatic carbocycles. The summed E-state index contributed by atoms with van der Waals surface area (Å²) in [6.45, 7) is 3.98. The zero-order valence-corrected chi connectivity index (χ0v) is 6.42. The first-order valence-corrected chi connectivity index (χ1v) is 3.31. The van der Waals surface area contributed by atoms with Gasteiger partial charge in [-0.15, -0.1) is 0 Å². The van der Waals surface area contributed by atoms with Crippen molar-refractivity contribution >= 4 is 5.91 Å². The predicted molar refractivity (Wildman–Crippen MR) is 42.4 cm³/mol. The van der Waals surface area contributed by atoms with Crippen LogP contribution in [0.2, 0.25) is 0 Å². The number of nitrogens with two attached hydrogens (primary N) is 1. The van der Waals surface area contributed by atoms with Gasteiger partial charge in [-0.25, -0.2) is 0 Å². The summed E-state index contributed by atoms with van der Waals surface area (Å²) >= 11 is 0. The Kier molecular flexibility index (Phi) is 4.29. The number of carbonyl (C=O) groups excluding carboxylic acids is 1. The molecule has 0 fully saturated rings. The SMILES string of the molecule is CC/C=C(C)/C=C/C(N)=O. The monoisotopic (exact) mass is 139 g/mol. The molecule has 0 heterocycles. The van der Waals surface area contributed by atoms with Crippen molar-refractivity contribution in [2.75, 3.05) is 0 Å². The lowest BCUT2D eigenvalue weighted by Crippen LogP contribution is -2.05. The molecule has 10 heavy (non-hydrogen) atoms. The lowest BCUT2D eigenvalue weighted by Gasteiger charge is -1.87. The van der Waals surface area contributed by atoms with Gasteiger partial charge >= 0.3 is 0 Å². The standard InChI is InChI=1S/C8H13NO/c1-3-4-7(2)5-6-8(9)10/h4-6H,3H2,1-2H3,(H2,9,10)/b6-5+,7-4+. The van der Waals surface area contributed by atoms with E-state index < -0.39 is 5.91 Å². The molecule has 0 aromatic carbocycles. The second-order valence-corrected chi connectivity index (χ2v) is 2.09. The van der Waals surface area contributed by atoms with Gasteiger partial charge in [0.1, 0.15) is 0 Å². The second kappa shape index (κ2) is 4.79. The quantitative estimate of drug-likeness (QED) is 0.466. The highest BCUT2D eigenvalue weighted by Crippen LogP contribution is 1.95. The molecule has 0 spiro atoms. The molecule has 0 rings (SSSR count). The zero-order chi connectivity index (χ0) is 7.98. The molecule has 0 aliphatic rings. The summed E-state index contributed by atoms with van der Waals surface area (Å²) in [5, 5.41) is 0. The van der Waals surface area contributed by atoms with Gasteiger partial charge in [0.25, 0.3) is 0 Å². The number of hydrogen-bond acceptors (Lipinski definition) is 1. The van der Waals surface area contributed by atoms with Gasteiger partial charge in [-0.05, 0) is 13.3 Å². The molecule has 0 bridgehead atoms. The molecule has 2 heteroatoms. The van der Waals surface area contributed by atoms with Crippen LogP contribution in [0.1, 0.15) is 20.3 Å². The molecule has 0 radical (unpaired) electrons. The van der Waals surface area contributed by atoms with E-state index in [2.05, 4.69) is 0 Å². The van der Waals surface area contributed by atoms with Crippen LogP contribution in [0.3, 0.4) is 0 Å². The maximum atomic E-state index is 10.2. The van der Waals surface area contributed by atoms with Crippen molar-refractivity contribution in [3.63, 3.8) is 0 Å². The molecule has 0 atom stereocenters. The molecule has 0 aromatic rings. The molecule has 0 aromatic heterocycles. The largest absolute Gasteiger partial charge is 0.366 e. The first kappa shape index (κ1) is 8.95. The minimum atomic E-state index is -0.399. The van der Waals surface area contributed by atoms with Crippen molar-refractivity contribution in [1.29, 1.82) is 0 Å². The summed E-state index contributed by atoms with van der Waals surface area (Å²) in [6, 6.07) is 0. The molecular weight excluding hydrogens is 126 g/mol. The molecule has 0 aliphatic heterocycles. The maximum Gasteiger partial charge on any atom is 0.241 e. The Labute approximate surface area is 61.4 Å². The number of hydrogen-bond donors (Lipinski definition) is 1. The van der Waals surface area contributed by atoms with Crippen LogP contribution in [0.25, 0.3) is 0 Å². The van der Waals surface area contributed by atoms with Crippen LogP contribution in [0.4, 0.5) is 0 Å². The van der Waals surface area contributed by atoms with Crippen LogP contribution >= 0.6 is 0 Å². The fraction of sp³-hybridized carbons (Fsp3) is 0.375. The predicted octanol–water partition coefficient (Wildman–Crippen LogP) is 1.38. The van der Waals surface area contributed by atoms with E-state index in [1.165, 1.54) is 6.08 Å². The lowest BCUT2D eigenvalue weighted by atomic mass is 10.2. The van der Waals surface area contributed by atoms with Crippen LogP contribution in [0.5, 0.6) is 0 Å². The highest BCUT2D eigenvalue weighted by Gasteiger charge is 1.82. The van der Waals surface area contributed by atoms with Gasteiger partial charge in [0.2, 0.25) is 5.91 Å². The van der Waals surface area contributed by atoms with E-state index in [-0.39, 0.29) is 0 Å². The van der Waals surface area contributed by atoms with E-state index in [1.54, 1.807) is 6.08 Å². The third kappa shape index (κ3) is 5.09. The summed E-state index contributed by atoms with van der Waals surface area (Å²) in [6.07, 6.45) is 6.09. The van der Waals surface area contributed by atoms with Gasteiger partial charge < -0.3 is 5.73 Å². The van der Waals surface area contributed by atoms with E-state index in [0.717, 1.165) is 12.0 Å². The Morgan fingerprint density at radius 3 is 2.50 bits per heavy atom. The molecule has 56 valence electrons. The van der Waals surface area contributed by atoms with Gasteiger partial charge in [-0.1, -0.05) is 24.6 Å². The third-order valence-electron chi connectivity index (χ3n) is 1.04. The lowest BCUT2D eigenvalue weighted by molar-refractivity contribution is -0.113. The first-order valence-electron chi connectivity index (χ1n) is 3.31. The van der Waals surface area contributed by atoms with Gasteiger partial charge in [-0.2, -0.15) is 0 Å². The van der Waals surface area contributed by atoms with Gasteiger partial charge in [0.15, 0.2) is 0 Å². The minimum absolute atomic E-state index is 0.399. The Morgan fingerprint density at radius 2 is 2.10 bits per heavy atom. The highest BCUT2D eigenvalue weighted by atomic mass is 16.1. The molecule has 2 N–H and O–H groups in total.